The number of rotatable bonds is 5. The number of carbonyl (C=O) groups is 1. The first-order valence-corrected chi connectivity index (χ1v) is 13.2. The molecule has 1 aliphatic carbocycles. The van der Waals surface area contributed by atoms with Crippen molar-refractivity contribution in [2.45, 2.75) is 62.4 Å². The first-order valence-electron chi connectivity index (χ1n) is 11.8. The lowest BCUT2D eigenvalue weighted by Gasteiger charge is -2.29. The van der Waals surface area contributed by atoms with Crippen LogP contribution in [0, 0.1) is 5.92 Å². The molecule has 1 amide bonds. The Hall–Kier alpha value is -2.71. The quantitative estimate of drug-likeness (QED) is 0.592. The van der Waals surface area contributed by atoms with Gasteiger partial charge in [-0.1, -0.05) is 37.3 Å². The van der Waals surface area contributed by atoms with E-state index < -0.39 is 16.1 Å². The van der Waals surface area contributed by atoms with Crippen molar-refractivity contribution in [2.75, 3.05) is 6.54 Å². The van der Waals surface area contributed by atoms with Crippen molar-refractivity contribution in [3.05, 3.63) is 48.5 Å². The predicted octanol–water partition coefficient (Wildman–Crippen LogP) is 4.08. The van der Waals surface area contributed by atoms with Crippen LogP contribution in [0.1, 0.15) is 45.4 Å². The van der Waals surface area contributed by atoms with Crippen molar-refractivity contribution in [2.24, 2.45) is 5.92 Å². The molecule has 2 fully saturated rings. The van der Waals surface area contributed by atoms with Gasteiger partial charge in [0.1, 0.15) is 11.9 Å². The number of aromatic nitrogens is 2. The second kappa shape index (κ2) is 8.91. The summed E-state index contributed by atoms with van der Waals surface area (Å²) in [5, 5.41) is 3.12. The summed E-state index contributed by atoms with van der Waals surface area (Å²) in [5.74, 6) is 1.23. The molecule has 0 unspecified atom stereocenters. The lowest BCUT2D eigenvalue weighted by molar-refractivity contribution is -0.125. The minimum absolute atomic E-state index is 0.150. The summed E-state index contributed by atoms with van der Waals surface area (Å²) >= 11 is 0. The standard InChI is InChI=1S/C25H30N4O3S/c1-17-9-11-19(12-10-17)26-25(30)23-8-5-15-29(23)33(31,32)20-13-14-21-22(16-20)28-24(27-21)18-6-3-2-4-7-18/h2-4,6-7,13-14,16-17,19,23H,5,8-12,15H2,1H3,(H,26,30)(H,27,28)/t17?,19?,23-/m1/s1. The Morgan fingerprint density at radius 1 is 1.06 bits per heavy atom. The first kappa shape index (κ1) is 22.1. The number of nitrogens with one attached hydrogen (secondary N) is 2. The maximum atomic E-state index is 13.5. The lowest BCUT2D eigenvalue weighted by atomic mass is 9.87. The average Bonchev–Trinajstić information content (AvgIpc) is 3.48. The topological polar surface area (TPSA) is 95.2 Å². The van der Waals surface area contributed by atoms with Gasteiger partial charge in [-0.25, -0.2) is 13.4 Å². The van der Waals surface area contributed by atoms with Gasteiger partial charge in [-0.05, 0) is 62.6 Å². The van der Waals surface area contributed by atoms with Crippen LogP contribution in [0.4, 0.5) is 0 Å². The second-order valence-electron chi connectivity index (χ2n) is 9.37. The third kappa shape index (κ3) is 4.42. The lowest BCUT2D eigenvalue weighted by Crippen LogP contribution is -2.49. The van der Waals surface area contributed by atoms with Crippen LogP contribution >= 0.6 is 0 Å². The highest BCUT2D eigenvalue weighted by atomic mass is 32.2. The van der Waals surface area contributed by atoms with Crippen molar-refractivity contribution >= 4 is 27.0 Å². The molecule has 1 aliphatic heterocycles. The van der Waals surface area contributed by atoms with Gasteiger partial charge in [0, 0.05) is 18.2 Å². The highest BCUT2D eigenvalue weighted by molar-refractivity contribution is 7.89. The van der Waals surface area contributed by atoms with E-state index in [0.29, 0.717) is 42.2 Å². The molecular formula is C25H30N4O3S. The summed E-state index contributed by atoms with van der Waals surface area (Å²) in [5.41, 5.74) is 2.30. The fourth-order valence-electron chi connectivity index (χ4n) is 5.01. The Morgan fingerprint density at radius 3 is 2.58 bits per heavy atom. The average molecular weight is 467 g/mol. The first-order chi connectivity index (χ1) is 15.9. The molecule has 0 spiro atoms. The number of amides is 1. The van der Waals surface area contributed by atoms with E-state index in [-0.39, 0.29) is 16.8 Å². The van der Waals surface area contributed by atoms with Crippen LogP contribution < -0.4 is 5.32 Å². The molecule has 1 saturated carbocycles. The number of imidazole rings is 1. The van der Waals surface area contributed by atoms with Crippen molar-refractivity contribution in [1.29, 1.82) is 0 Å². The molecule has 174 valence electrons. The Labute approximate surface area is 194 Å². The summed E-state index contributed by atoms with van der Waals surface area (Å²) in [6.45, 7) is 2.60. The monoisotopic (exact) mass is 466 g/mol. The number of benzene rings is 2. The molecule has 2 aromatic carbocycles. The summed E-state index contributed by atoms with van der Waals surface area (Å²) in [4.78, 5) is 21.0. The molecule has 1 saturated heterocycles. The van der Waals surface area contributed by atoms with Crippen molar-refractivity contribution in [3.63, 3.8) is 0 Å². The number of sulfonamides is 1. The highest BCUT2D eigenvalue weighted by Crippen LogP contribution is 2.30. The van der Waals surface area contributed by atoms with E-state index in [9.17, 15) is 13.2 Å². The maximum absolute atomic E-state index is 13.5. The van der Waals surface area contributed by atoms with Gasteiger partial charge in [0.15, 0.2) is 0 Å². The summed E-state index contributed by atoms with van der Waals surface area (Å²) in [6, 6.07) is 14.2. The minimum atomic E-state index is -3.80. The van der Waals surface area contributed by atoms with Gasteiger partial charge in [0.25, 0.3) is 0 Å². The number of hydrogen-bond acceptors (Lipinski definition) is 4. The van der Waals surface area contributed by atoms with Crippen LogP contribution in [0.2, 0.25) is 0 Å². The minimum Gasteiger partial charge on any atom is -0.352 e. The van der Waals surface area contributed by atoms with Crippen LogP contribution in [-0.2, 0) is 14.8 Å². The molecule has 8 heteroatoms. The van der Waals surface area contributed by atoms with Gasteiger partial charge in [-0.3, -0.25) is 4.79 Å². The maximum Gasteiger partial charge on any atom is 0.243 e. The number of H-pyrrole nitrogens is 1. The number of carbonyl (C=O) groups excluding carboxylic acids is 1. The molecule has 33 heavy (non-hydrogen) atoms. The molecule has 1 atom stereocenters. The molecule has 7 nitrogen and oxygen atoms in total. The van der Waals surface area contributed by atoms with E-state index in [0.717, 1.165) is 31.2 Å². The van der Waals surface area contributed by atoms with Crippen molar-refractivity contribution < 1.29 is 13.2 Å². The zero-order valence-corrected chi connectivity index (χ0v) is 19.6. The zero-order valence-electron chi connectivity index (χ0n) is 18.8. The number of hydrogen-bond donors (Lipinski definition) is 2. The molecule has 0 bridgehead atoms. The summed E-state index contributed by atoms with van der Waals surface area (Å²) in [7, 11) is -3.80. The number of nitrogens with zero attached hydrogens (tertiary/aromatic N) is 2. The van der Waals surface area contributed by atoms with Gasteiger partial charge >= 0.3 is 0 Å². The van der Waals surface area contributed by atoms with Gasteiger partial charge in [0.05, 0.1) is 15.9 Å². The van der Waals surface area contributed by atoms with Crippen LogP contribution in [0.3, 0.4) is 0 Å². The van der Waals surface area contributed by atoms with E-state index in [2.05, 4.69) is 22.2 Å². The summed E-state index contributed by atoms with van der Waals surface area (Å²) < 4.78 is 28.4. The largest absolute Gasteiger partial charge is 0.352 e. The third-order valence-electron chi connectivity index (χ3n) is 6.98. The van der Waals surface area contributed by atoms with Gasteiger partial charge in [-0.15, -0.1) is 0 Å². The fraction of sp³-hybridized carbons (Fsp3) is 0.440. The van der Waals surface area contributed by atoms with Crippen LogP contribution in [0.25, 0.3) is 22.4 Å². The molecule has 1 aromatic heterocycles. The van der Waals surface area contributed by atoms with E-state index >= 15 is 0 Å². The molecular weight excluding hydrogens is 436 g/mol. The van der Waals surface area contributed by atoms with Crippen LogP contribution in [0.15, 0.2) is 53.4 Å². The van der Waals surface area contributed by atoms with Gasteiger partial charge in [-0.2, -0.15) is 4.31 Å². The van der Waals surface area contributed by atoms with E-state index in [1.165, 1.54) is 4.31 Å². The van der Waals surface area contributed by atoms with Crippen molar-refractivity contribution in [3.8, 4) is 11.4 Å². The molecule has 2 heterocycles. The van der Waals surface area contributed by atoms with E-state index in [1.54, 1.807) is 18.2 Å². The third-order valence-corrected chi connectivity index (χ3v) is 8.88. The van der Waals surface area contributed by atoms with Crippen molar-refractivity contribution in [1.82, 2.24) is 19.6 Å². The zero-order chi connectivity index (χ0) is 23.0. The molecule has 2 N–H and O–H groups in total. The normalized spacial score (nSPS) is 24.2. The highest BCUT2D eigenvalue weighted by Gasteiger charge is 2.40. The fourth-order valence-corrected chi connectivity index (χ4v) is 6.69. The van der Waals surface area contributed by atoms with E-state index in [1.807, 2.05) is 30.3 Å². The molecule has 3 aromatic rings. The van der Waals surface area contributed by atoms with Crippen LogP contribution in [0.5, 0.6) is 0 Å². The number of aromatic amines is 1. The number of fused-ring (bicyclic) bond motifs is 1. The SMILES string of the molecule is CC1CCC(NC(=O)[C@H]2CCCN2S(=O)(=O)c2ccc3nc(-c4ccccc4)[nH]c3c2)CC1. The summed E-state index contributed by atoms with van der Waals surface area (Å²) in [6.07, 6.45) is 5.38. The Morgan fingerprint density at radius 2 is 1.82 bits per heavy atom. The van der Waals surface area contributed by atoms with E-state index in [4.69, 9.17) is 0 Å². The Kier molecular flexibility index (Phi) is 5.97. The predicted molar refractivity (Wildman–Crippen MR) is 128 cm³/mol. The Balaban J connectivity index is 1.37. The van der Waals surface area contributed by atoms with Gasteiger partial charge < -0.3 is 10.3 Å². The molecule has 5 rings (SSSR count). The second-order valence-corrected chi connectivity index (χ2v) is 11.3. The molecule has 2 aliphatic rings. The van der Waals surface area contributed by atoms with Gasteiger partial charge in [0.2, 0.25) is 15.9 Å². The molecule has 0 radical (unpaired) electrons. The van der Waals surface area contributed by atoms with Crippen LogP contribution in [-0.4, -0.2) is 47.2 Å². The Bertz CT molecular complexity index is 1250. The smallest absolute Gasteiger partial charge is 0.243 e.